The smallest absolute Gasteiger partial charge is 0.225 e. The van der Waals surface area contributed by atoms with E-state index in [9.17, 15) is 4.39 Å². The molecule has 2 aromatic rings. The predicted octanol–water partition coefficient (Wildman–Crippen LogP) is 2.21. The van der Waals surface area contributed by atoms with Crippen LogP contribution in [0, 0.1) is 12.7 Å². The lowest BCUT2D eigenvalue weighted by molar-refractivity contribution is 0.274. The van der Waals surface area contributed by atoms with Crippen molar-refractivity contribution < 1.29 is 14.2 Å². The Kier molecular flexibility index (Phi) is 3.30. The molecule has 4 nitrogen and oxygen atoms in total. The minimum atomic E-state index is -0.511. The number of rotatable bonds is 3. The number of ether oxygens (including phenoxy) is 1. The monoisotopic (exact) mass is 234 g/mol. The Morgan fingerprint density at radius 2 is 2.12 bits per heavy atom. The van der Waals surface area contributed by atoms with E-state index in [1.54, 1.807) is 18.3 Å². The summed E-state index contributed by atoms with van der Waals surface area (Å²) in [5.41, 5.74) is 1.16. The average Bonchev–Trinajstić information content (AvgIpc) is 2.34. The molecule has 0 aromatic carbocycles. The molecular weight excluding hydrogens is 223 g/mol. The van der Waals surface area contributed by atoms with Gasteiger partial charge in [-0.3, -0.25) is 4.98 Å². The molecule has 17 heavy (non-hydrogen) atoms. The Hall–Kier alpha value is -2.01. The number of nitrogens with zero attached hydrogens (tertiary/aromatic N) is 2. The molecule has 0 aliphatic heterocycles. The first-order valence-corrected chi connectivity index (χ1v) is 5.05. The topological polar surface area (TPSA) is 55.2 Å². The number of aryl methyl sites for hydroxylation is 1. The van der Waals surface area contributed by atoms with Crippen LogP contribution in [-0.2, 0) is 6.61 Å². The molecule has 0 fully saturated rings. The summed E-state index contributed by atoms with van der Waals surface area (Å²) < 4.78 is 18.3. The minimum absolute atomic E-state index is 0.180. The summed E-state index contributed by atoms with van der Waals surface area (Å²) in [6.07, 6.45) is 2.58. The van der Waals surface area contributed by atoms with E-state index in [0.717, 1.165) is 11.9 Å². The molecule has 0 unspecified atom stereocenters. The van der Waals surface area contributed by atoms with Crippen LogP contribution < -0.4 is 4.74 Å². The van der Waals surface area contributed by atoms with E-state index in [1.807, 2.05) is 6.92 Å². The third kappa shape index (κ3) is 2.76. The first-order valence-electron chi connectivity index (χ1n) is 5.05. The average molecular weight is 234 g/mol. The maximum absolute atomic E-state index is 12.9. The molecule has 1 N–H and O–H groups in total. The van der Waals surface area contributed by atoms with Gasteiger partial charge in [-0.2, -0.15) is 0 Å². The summed E-state index contributed by atoms with van der Waals surface area (Å²) in [7, 11) is 0. The normalized spacial score (nSPS) is 10.3. The molecule has 0 bridgehead atoms. The zero-order valence-corrected chi connectivity index (χ0v) is 9.22. The van der Waals surface area contributed by atoms with Crippen LogP contribution >= 0.6 is 0 Å². The Morgan fingerprint density at radius 3 is 2.76 bits per heavy atom. The zero-order valence-electron chi connectivity index (χ0n) is 9.22. The largest absolute Gasteiger partial charge is 0.437 e. The fraction of sp³-hybridized carbons (Fsp3) is 0.167. The predicted molar refractivity (Wildman–Crippen MR) is 59.2 cm³/mol. The van der Waals surface area contributed by atoms with Gasteiger partial charge in [-0.05, 0) is 25.1 Å². The van der Waals surface area contributed by atoms with E-state index in [0.29, 0.717) is 11.3 Å². The van der Waals surface area contributed by atoms with Crippen molar-refractivity contribution in [2.75, 3.05) is 0 Å². The molecule has 0 aliphatic carbocycles. The van der Waals surface area contributed by atoms with E-state index in [4.69, 9.17) is 9.84 Å². The van der Waals surface area contributed by atoms with E-state index in [2.05, 4.69) is 9.97 Å². The summed E-state index contributed by atoms with van der Waals surface area (Å²) in [6, 6.07) is 4.70. The minimum Gasteiger partial charge on any atom is -0.437 e. The molecule has 0 amide bonds. The van der Waals surface area contributed by atoms with E-state index in [-0.39, 0.29) is 12.5 Å². The Bertz CT molecular complexity index is 514. The maximum atomic E-state index is 12.9. The lowest BCUT2D eigenvalue weighted by Gasteiger charge is -2.08. The van der Waals surface area contributed by atoms with Gasteiger partial charge >= 0.3 is 0 Å². The van der Waals surface area contributed by atoms with Crippen molar-refractivity contribution in [3.63, 3.8) is 0 Å². The van der Waals surface area contributed by atoms with Gasteiger partial charge in [0.25, 0.3) is 0 Å². The van der Waals surface area contributed by atoms with Crippen LogP contribution in [0.3, 0.4) is 0 Å². The summed E-state index contributed by atoms with van der Waals surface area (Å²) >= 11 is 0. The number of halogens is 1. The third-order valence-electron chi connectivity index (χ3n) is 2.16. The SMILES string of the molecule is Cc1ccc(Oc2ncc(F)cc2CO)cn1. The number of pyridine rings is 2. The first kappa shape index (κ1) is 11.5. The molecule has 0 saturated carbocycles. The number of hydrogen-bond donors (Lipinski definition) is 1. The standard InChI is InChI=1S/C12H11FN2O2/c1-8-2-3-11(6-14-8)17-12-9(7-16)4-10(13)5-15-12/h2-6,16H,7H2,1H3. The molecular formula is C12H11FN2O2. The molecule has 2 rings (SSSR count). The van der Waals surface area contributed by atoms with E-state index >= 15 is 0 Å². The molecule has 2 aromatic heterocycles. The van der Waals surface area contributed by atoms with Crippen molar-refractivity contribution in [2.45, 2.75) is 13.5 Å². The van der Waals surface area contributed by atoms with Gasteiger partial charge in [0.1, 0.15) is 11.6 Å². The number of aromatic nitrogens is 2. The van der Waals surface area contributed by atoms with Crippen LogP contribution in [0.2, 0.25) is 0 Å². The van der Waals surface area contributed by atoms with Crippen LogP contribution in [0.5, 0.6) is 11.6 Å². The van der Waals surface area contributed by atoms with Crippen molar-refractivity contribution in [1.29, 1.82) is 0 Å². The van der Waals surface area contributed by atoms with Gasteiger partial charge in [0.2, 0.25) is 5.88 Å². The van der Waals surface area contributed by atoms with Crippen molar-refractivity contribution in [3.05, 3.63) is 47.7 Å². The van der Waals surface area contributed by atoms with Gasteiger partial charge in [0, 0.05) is 11.3 Å². The molecule has 88 valence electrons. The second-order valence-electron chi connectivity index (χ2n) is 3.51. The first-order chi connectivity index (χ1) is 8.19. The quantitative estimate of drug-likeness (QED) is 0.884. The highest BCUT2D eigenvalue weighted by Crippen LogP contribution is 2.23. The van der Waals surface area contributed by atoms with Crippen LogP contribution in [0.1, 0.15) is 11.3 Å². The van der Waals surface area contributed by atoms with Gasteiger partial charge in [0.15, 0.2) is 0 Å². The van der Waals surface area contributed by atoms with E-state index in [1.165, 1.54) is 6.07 Å². The van der Waals surface area contributed by atoms with Crippen LogP contribution in [0.25, 0.3) is 0 Å². The van der Waals surface area contributed by atoms with Crippen LogP contribution in [0.4, 0.5) is 4.39 Å². The van der Waals surface area contributed by atoms with Crippen molar-refractivity contribution >= 4 is 0 Å². The molecule has 0 atom stereocenters. The Morgan fingerprint density at radius 1 is 1.29 bits per heavy atom. The lowest BCUT2D eigenvalue weighted by Crippen LogP contribution is -1.96. The van der Waals surface area contributed by atoms with Gasteiger partial charge in [-0.1, -0.05) is 0 Å². The highest BCUT2D eigenvalue weighted by Gasteiger charge is 2.07. The van der Waals surface area contributed by atoms with Crippen molar-refractivity contribution in [2.24, 2.45) is 0 Å². The van der Waals surface area contributed by atoms with Gasteiger partial charge < -0.3 is 9.84 Å². The highest BCUT2D eigenvalue weighted by molar-refractivity contribution is 5.31. The Labute approximate surface area is 97.7 Å². The van der Waals surface area contributed by atoms with E-state index < -0.39 is 5.82 Å². The van der Waals surface area contributed by atoms with Crippen molar-refractivity contribution in [3.8, 4) is 11.6 Å². The fourth-order valence-corrected chi connectivity index (χ4v) is 1.30. The Balaban J connectivity index is 2.26. The fourth-order valence-electron chi connectivity index (χ4n) is 1.30. The van der Waals surface area contributed by atoms with Gasteiger partial charge in [-0.15, -0.1) is 0 Å². The summed E-state index contributed by atoms with van der Waals surface area (Å²) in [5.74, 6) is 0.160. The van der Waals surface area contributed by atoms with Crippen molar-refractivity contribution in [1.82, 2.24) is 9.97 Å². The molecule has 0 saturated heterocycles. The highest BCUT2D eigenvalue weighted by atomic mass is 19.1. The number of aliphatic hydroxyl groups excluding tert-OH is 1. The molecule has 0 radical (unpaired) electrons. The second-order valence-corrected chi connectivity index (χ2v) is 3.51. The number of hydrogen-bond acceptors (Lipinski definition) is 4. The number of aliphatic hydroxyl groups is 1. The lowest BCUT2D eigenvalue weighted by atomic mass is 10.3. The van der Waals surface area contributed by atoms with Crippen LogP contribution in [0.15, 0.2) is 30.6 Å². The molecule has 0 aliphatic rings. The molecule has 2 heterocycles. The summed E-state index contributed by atoms with van der Waals surface area (Å²) in [6.45, 7) is 1.53. The maximum Gasteiger partial charge on any atom is 0.225 e. The molecule has 5 heteroatoms. The van der Waals surface area contributed by atoms with Crippen LogP contribution in [-0.4, -0.2) is 15.1 Å². The zero-order chi connectivity index (χ0) is 12.3. The van der Waals surface area contributed by atoms with Gasteiger partial charge in [0.05, 0.1) is 19.0 Å². The summed E-state index contributed by atoms with van der Waals surface area (Å²) in [4.78, 5) is 7.84. The molecule has 0 spiro atoms. The second kappa shape index (κ2) is 4.88. The third-order valence-corrected chi connectivity index (χ3v) is 2.16. The van der Waals surface area contributed by atoms with Gasteiger partial charge in [-0.25, -0.2) is 9.37 Å². The summed E-state index contributed by atoms with van der Waals surface area (Å²) in [5, 5.41) is 9.06.